The fraction of sp³-hybridized carbons (Fsp3) is 0.743. The summed E-state index contributed by atoms with van der Waals surface area (Å²) < 4.78 is 1.61. The Morgan fingerprint density at radius 2 is 0.562 bits per heavy atom. The molecule has 422 valence electrons. The van der Waals surface area contributed by atoms with Crippen LogP contribution in [0.4, 0.5) is 0 Å². The largest absolute Gasteiger partial charge is 2.00 e. The molecule has 0 unspecified atom stereocenters. The van der Waals surface area contributed by atoms with Crippen molar-refractivity contribution in [1.29, 1.82) is 0 Å². The van der Waals surface area contributed by atoms with Crippen LogP contribution in [-0.4, -0.2) is 4.70 Å². The van der Waals surface area contributed by atoms with Crippen LogP contribution >= 0.6 is 0 Å². The third-order valence-electron chi connectivity index (χ3n) is 15.2. The topological polar surface area (TPSA) is 25.3 Å². The minimum atomic E-state index is 0. The van der Waals surface area contributed by atoms with E-state index in [1.54, 1.807) is 4.70 Å². The molecule has 1 heterocycles. The Morgan fingerprint density at radius 1 is 0.315 bits per heavy atom. The summed E-state index contributed by atoms with van der Waals surface area (Å²) in [5.41, 5.74) is 22.2. The van der Waals surface area contributed by atoms with Crippen LogP contribution in [0.2, 0.25) is 0 Å². The zero-order valence-electron chi connectivity index (χ0n) is 49.8. The summed E-state index contributed by atoms with van der Waals surface area (Å²) in [5.74, 6) is 0. The molecule has 73 heavy (non-hydrogen) atoms. The standard InChI is InChI=1S/C46H72N2.2C12H25.Ni/c1-5-9-13-16-19-21-24-29-39-31-27-33-41(37-39)45-43(35-12-8-4)44(36-26-23-18-15-11-7-3)46(48(45)47)42-34-28-32-40(38-42)30-25-22-20-17-14-10-6-2;2*1-3-5-7-9-11-12-10-8-6-4-2;/h27-28,31-34,37-38H,5-26,29-30,35-36H2,1-4H3;2*1,3-12H2,2H3;/q;2*-1;+2. The molecular formula is C70H122N2Ni. The molecule has 0 amide bonds. The van der Waals surface area contributed by atoms with Crippen molar-refractivity contribution in [2.75, 3.05) is 0 Å². The molecule has 0 bridgehead atoms. The summed E-state index contributed by atoms with van der Waals surface area (Å²) in [6.07, 6.45) is 60.8. The van der Waals surface area contributed by atoms with Crippen LogP contribution in [0.25, 0.3) is 16.9 Å². The van der Waals surface area contributed by atoms with Crippen LogP contribution in [-0.2, 0) is 29.3 Å². The minimum Gasteiger partial charge on any atom is -0.493 e. The van der Waals surface area contributed by atoms with E-state index in [0.29, 0.717) is 0 Å². The number of rotatable bonds is 46. The van der Waals surface area contributed by atoms with Gasteiger partial charge in [-0.1, -0.05) is 297 Å². The number of allylic oxidation sites excluding steroid dienone is 2. The van der Waals surface area contributed by atoms with E-state index in [1.807, 2.05) is 0 Å². The molecule has 3 rings (SSSR count). The van der Waals surface area contributed by atoms with Gasteiger partial charge in [0.2, 0.25) is 11.4 Å². The van der Waals surface area contributed by atoms with E-state index in [0.717, 1.165) is 62.8 Å². The second-order valence-electron chi connectivity index (χ2n) is 22.1. The predicted molar refractivity (Wildman–Crippen MR) is 326 cm³/mol. The number of benzene rings is 2. The summed E-state index contributed by atoms with van der Waals surface area (Å²) in [6, 6.07) is 18.3. The maximum Gasteiger partial charge on any atom is 2.00 e. The zero-order valence-corrected chi connectivity index (χ0v) is 50.8. The van der Waals surface area contributed by atoms with Gasteiger partial charge < -0.3 is 19.4 Å². The molecule has 0 radical (unpaired) electrons. The monoisotopic (exact) mass is 1050 g/mol. The second-order valence-corrected chi connectivity index (χ2v) is 22.1. The van der Waals surface area contributed by atoms with Crippen molar-refractivity contribution in [3.05, 3.63) is 101 Å². The number of aryl methyl sites for hydroxylation is 2. The van der Waals surface area contributed by atoms with Crippen molar-refractivity contribution < 1.29 is 21.2 Å². The van der Waals surface area contributed by atoms with E-state index in [4.69, 9.17) is 0 Å². The number of hydrogen-bond donors (Lipinski definition) is 0. The summed E-state index contributed by atoms with van der Waals surface area (Å²) in [5, 5.41) is 0. The Kier molecular flexibility index (Phi) is 52.0. The molecule has 3 heteroatoms. The molecule has 1 aliphatic rings. The molecule has 0 fully saturated rings. The summed E-state index contributed by atoms with van der Waals surface area (Å²) >= 11 is 0. The molecule has 0 saturated carbocycles. The fourth-order valence-electron chi connectivity index (χ4n) is 10.5. The number of unbranched alkanes of at least 4 members (excludes halogenated alkanes) is 36. The van der Waals surface area contributed by atoms with Gasteiger partial charge >= 0.3 is 16.5 Å². The molecule has 2 aromatic rings. The van der Waals surface area contributed by atoms with Crippen molar-refractivity contribution in [2.45, 2.75) is 337 Å². The van der Waals surface area contributed by atoms with Crippen molar-refractivity contribution in [3.8, 4) is 0 Å². The van der Waals surface area contributed by atoms with Gasteiger partial charge in [0.1, 0.15) is 0 Å². The second kappa shape index (κ2) is 53.4. The number of hydrogen-bond acceptors (Lipinski definition) is 0. The van der Waals surface area contributed by atoms with Gasteiger partial charge in [-0.15, -0.1) is 0 Å². The van der Waals surface area contributed by atoms with E-state index in [2.05, 4.69) is 104 Å². The molecule has 2 nitrogen and oxygen atoms in total. The smallest absolute Gasteiger partial charge is 0.493 e. The zero-order chi connectivity index (χ0) is 52.4. The minimum absolute atomic E-state index is 0. The predicted octanol–water partition coefficient (Wildman–Crippen LogP) is 24.9. The molecule has 2 aromatic carbocycles. The maximum atomic E-state index is 12.2. The Hall–Kier alpha value is -1.99. The van der Waals surface area contributed by atoms with Crippen LogP contribution in [0, 0.1) is 13.8 Å². The third kappa shape index (κ3) is 36.6. The first-order chi connectivity index (χ1) is 35.5. The molecule has 0 N–H and O–H groups in total. The van der Waals surface area contributed by atoms with Crippen molar-refractivity contribution in [2.24, 2.45) is 0 Å². The van der Waals surface area contributed by atoms with Crippen LogP contribution in [0.15, 0.2) is 59.7 Å². The van der Waals surface area contributed by atoms with E-state index in [-0.39, 0.29) is 16.5 Å². The van der Waals surface area contributed by atoms with Gasteiger partial charge in [0, 0.05) is 22.3 Å². The van der Waals surface area contributed by atoms with Crippen LogP contribution < -0.4 is 0 Å². The van der Waals surface area contributed by atoms with Gasteiger partial charge in [-0.25, -0.2) is 4.70 Å². The summed E-state index contributed by atoms with van der Waals surface area (Å²) in [4.78, 5) is 0. The van der Waals surface area contributed by atoms with Gasteiger partial charge in [-0.2, -0.15) is 12.8 Å². The van der Waals surface area contributed by atoms with E-state index < -0.39 is 0 Å². The fourth-order valence-corrected chi connectivity index (χ4v) is 10.5. The first-order valence-electron chi connectivity index (χ1n) is 32.2. The molecule has 0 spiro atoms. The average Bonchev–Trinajstić information content (AvgIpc) is 3.68. The normalized spacial score (nSPS) is 12.2. The van der Waals surface area contributed by atoms with Gasteiger partial charge in [-0.3, -0.25) is 0 Å². The Bertz CT molecular complexity index is 1540. The van der Waals surface area contributed by atoms with E-state index in [1.165, 1.54) is 277 Å². The first-order valence-corrected chi connectivity index (χ1v) is 32.2. The van der Waals surface area contributed by atoms with Crippen molar-refractivity contribution in [3.63, 3.8) is 0 Å². The first kappa shape index (κ1) is 71.0. The Labute approximate surface area is 468 Å². The molecule has 0 atom stereocenters. The van der Waals surface area contributed by atoms with E-state index >= 15 is 0 Å². The average molecular weight is 1050 g/mol. The van der Waals surface area contributed by atoms with Crippen molar-refractivity contribution in [1.82, 2.24) is 0 Å². The van der Waals surface area contributed by atoms with E-state index in [9.17, 15) is 5.53 Å². The molecule has 1 aliphatic heterocycles. The van der Waals surface area contributed by atoms with Gasteiger partial charge in [-0.05, 0) is 86.8 Å². The van der Waals surface area contributed by atoms with Crippen molar-refractivity contribution >= 4 is 11.4 Å². The van der Waals surface area contributed by atoms with Gasteiger partial charge in [0.05, 0.1) is 0 Å². The quantitative estimate of drug-likeness (QED) is 0.0273. The van der Waals surface area contributed by atoms with Gasteiger partial charge in [0.15, 0.2) is 0 Å². The number of nitrogens with zero attached hydrogens (tertiary/aromatic N) is 2. The van der Waals surface area contributed by atoms with Crippen LogP contribution in [0.5, 0.6) is 0 Å². The maximum absolute atomic E-state index is 12.2. The third-order valence-corrected chi connectivity index (χ3v) is 15.2. The SMILES string of the molecule is CCCCCCCCCc1cccc(C2=C(CCCC)C(CCCCCCCC)=C(c3cccc(CCCCCCCCC)c3)[N+]2=[N-])c1.[CH2-]CCCCCCCCCCC.[CH2-]CCCCCCCCCCC.[Ni+2]. The molecule has 0 saturated heterocycles. The Balaban J connectivity index is 0.00000170. The summed E-state index contributed by atoms with van der Waals surface area (Å²) in [7, 11) is 0. The molecule has 0 aromatic heterocycles. The summed E-state index contributed by atoms with van der Waals surface area (Å²) in [6.45, 7) is 21.4. The van der Waals surface area contributed by atoms with Crippen LogP contribution in [0.3, 0.4) is 0 Å². The molecule has 0 aliphatic carbocycles. The van der Waals surface area contributed by atoms with Gasteiger partial charge in [0.25, 0.3) is 0 Å². The molecular weight excluding hydrogens is 927 g/mol. The van der Waals surface area contributed by atoms with Crippen LogP contribution in [0.1, 0.15) is 346 Å². The Morgan fingerprint density at radius 3 is 0.849 bits per heavy atom.